The quantitative estimate of drug-likeness (QED) is 0.828. The van der Waals surface area contributed by atoms with Crippen LogP contribution in [0.1, 0.15) is 19.8 Å². The summed E-state index contributed by atoms with van der Waals surface area (Å²) in [7, 11) is 0. The van der Waals surface area contributed by atoms with Gasteiger partial charge in [0.25, 0.3) is 0 Å². The van der Waals surface area contributed by atoms with Gasteiger partial charge >= 0.3 is 0 Å². The first-order valence-electron chi connectivity index (χ1n) is 6.41. The predicted molar refractivity (Wildman–Crippen MR) is 71.3 cm³/mol. The average Bonchev–Trinajstić information content (AvgIpc) is 2.76. The zero-order valence-corrected chi connectivity index (χ0v) is 10.8. The topological polar surface area (TPSA) is 55.6 Å². The molecule has 1 unspecified atom stereocenters. The molecule has 4 heteroatoms. The van der Waals surface area contributed by atoms with Gasteiger partial charge in [0.1, 0.15) is 5.75 Å². The van der Waals surface area contributed by atoms with Gasteiger partial charge in [-0.3, -0.25) is 4.79 Å². The molecular weight excluding hydrogens is 228 g/mol. The molecule has 1 atom stereocenters. The predicted octanol–water partition coefficient (Wildman–Crippen LogP) is 1.91. The molecule has 1 heterocycles. The summed E-state index contributed by atoms with van der Waals surface area (Å²) in [5.41, 5.74) is 6.32. The number of amides is 1. The number of benzene rings is 1. The second kappa shape index (κ2) is 5.76. The van der Waals surface area contributed by atoms with E-state index in [1.54, 1.807) is 6.07 Å². The number of hydrogen-bond acceptors (Lipinski definition) is 3. The molecule has 98 valence electrons. The Bertz CT molecular complexity index is 420. The Morgan fingerprint density at radius 3 is 3.06 bits per heavy atom. The summed E-state index contributed by atoms with van der Waals surface area (Å²) in [5, 5.41) is 0. The number of nitrogens with two attached hydrogens (primary N) is 1. The van der Waals surface area contributed by atoms with Crippen molar-refractivity contribution in [2.45, 2.75) is 19.8 Å². The Kier molecular flexibility index (Phi) is 4.07. The van der Waals surface area contributed by atoms with Crippen molar-refractivity contribution in [2.24, 2.45) is 5.92 Å². The molecule has 0 radical (unpaired) electrons. The molecule has 0 aliphatic carbocycles. The molecule has 18 heavy (non-hydrogen) atoms. The maximum absolute atomic E-state index is 11.9. The molecule has 2 rings (SSSR count). The van der Waals surface area contributed by atoms with E-state index in [9.17, 15) is 4.79 Å². The van der Waals surface area contributed by atoms with Crippen LogP contribution in [0.25, 0.3) is 0 Å². The van der Waals surface area contributed by atoms with E-state index in [-0.39, 0.29) is 5.91 Å². The number of nitrogen functional groups attached to an aromatic ring is 1. The van der Waals surface area contributed by atoms with Crippen molar-refractivity contribution in [2.75, 3.05) is 25.4 Å². The van der Waals surface area contributed by atoms with E-state index < -0.39 is 0 Å². The van der Waals surface area contributed by atoms with Crippen LogP contribution in [0.4, 0.5) is 5.69 Å². The maximum Gasteiger partial charge on any atom is 0.226 e. The van der Waals surface area contributed by atoms with E-state index in [1.807, 2.05) is 23.1 Å². The van der Waals surface area contributed by atoms with Gasteiger partial charge in [-0.15, -0.1) is 0 Å². The standard InChI is InChI=1S/C14H20N2O2/c1-11-5-7-16(10-11)14(17)6-8-18-13-4-2-3-12(15)9-13/h2-4,9,11H,5-8,10,15H2,1H3. The van der Waals surface area contributed by atoms with Gasteiger partial charge in [0, 0.05) is 24.8 Å². The molecule has 0 saturated carbocycles. The number of carbonyl (C=O) groups is 1. The lowest BCUT2D eigenvalue weighted by atomic mass is 10.2. The molecule has 0 spiro atoms. The van der Waals surface area contributed by atoms with Crippen LogP contribution in [0.5, 0.6) is 5.75 Å². The molecule has 0 aromatic heterocycles. The molecule has 1 fully saturated rings. The van der Waals surface area contributed by atoms with Crippen LogP contribution in [-0.4, -0.2) is 30.5 Å². The monoisotopic (exact) mass is 248 g/mol. The van der Waals surface area contributed by atoms with E-state index in [0.717, 1.165) is 25.3 Å². The van der Waals surface area contributed by atoms with Crippen LogP contribution >= 0.6 is 0 Å². The van der Waals surface area contributed by atoms with Gasteiger partial charge in [-0.1, -0.05) is 13.0 Å². The summed E-state index contributed by atoms with van der Waals surface area (Å²) in [6.45, 7) is 4.36. The van der Waals surface area contributed by atoms with Crippen LogP contribution in [0.2, 0.25) is 0 Å². The summed E-state index contributed by atoms with van der Waals surface area (Å²) in [6.07, 6.45) is 1.54. The third kappa shape index (κ3) is 3.39. The lowest BCUT2D eigenvalue weighted by molar-refractivity contribution is -0.130. The van der Waals surface area contributed by atoms with Gasteiger partial charge in [-0.05, 0) is 24.5 Å². The first-order valence-corrected chi connectivity index (χ1v) is 6.41. The minimum atomic E-state index is 0.184. The summed E-state index contributed by atoms with van der Waals surface area (Å²) >= 11 is 0. The van der Waals surface area contributed by atoms with Crippen molar-refractivity contribution >= 4 is 11.6 Å². The maximum atomic E-state index is 11.9. The van der Waals surface area contributed by atoms with Gasteiger partial charge < -0.3 is 15.4 Å². The highest BCUT2D eigenvalue weighted by Gasteiger charge is 2.22. The normalized spacial score (nSPS) is 18.9. The van der Waals surface area contributed by atoms with Gasteiger partial charge in [0.2, 0.25) is 5.91 Å². The lowest BCUT2D eigenvalue weighted by Crippen LogP contribution is -2.29. The molecular formula is C14H20N2O2. The number of ether oxygens (including phenoxy) is 1. The smallest absolute Gasteiger partial charge is 0.226 e. The minimum Gasteiger partial charge on any atom is -0.493 e. The van der Waals surface area contributed by atoms with Crippen LogP contribution in [0.15, 0.2) is 24.3 Å². The fourth-order valence-corrected chi connectivity index (χ4v) is 2.18. The third-order valence-corrected chi connectivity index (χ3v) is 3.22. The van der Waals surface area contributed by atoms with Gasteiger partial charge in [0.05, 0.1) is 13.0 Å². The SMILES string of the molecule is CC1CCN(C(=O)CCOc2cccc(N)c2)C1. The Morgan fingerprint density at radius 1 is 1.56 bits per heavy atom. The first kappa shape index (κ1) is 12.7. The molecule has 0 bridgehead atoms. The van der Waals surface area contributed by atoms with Crippen molar-refractivity contribution in [1.82, 2.24) is 4.90 Å². The summed E-state index contributed by atoms with van der Waals surface area (Å²) < 4.78 is 5.52. The highest BCUT2D eigenvalue weighted by molar-refractivity contribution is 5.76. The van der Waals surface area contributed by atoms with Gasteiger partial charge in [-0.25, -0.2) is 0 Å². The average molecular weight is 248 g/mol. The molecule has 2 N–H and O–H groups in total. The molecule has 1 aromatic rings. The second-order valence-electron chi connectivity index (χ2n) is 4.90. The molecule has 1 aliphatic rings. The number of anilines is 1. The first-order chi connectivity index (χ1) is 8.65. The number of hydrogen-bond donors (Lipinski definition) is 1. The van der Waals surface area contributed by atoms with E-state index in [2.05, 4.69) is 6.92 Å². The van der Waals surface area contributed by atoms with Crippen molar-refractivity contribution in [3.8, 4) is 5.75 Å². The summed E-state index contributed by atoms with van der Waals surface area (Å²) in [6, 6.07) is 7.26. The van der Waals surface area contributed by atoms with Crippen LogP contribution in [-0.2, 0) is 4.79 Å². The zero-order valence-electron chi connectivity index (χ0n) is 10.8. The fraction of sp³-hybridized carbons (Fsp3) is 0.500. The third-order valence-electron chi connectivity index (χ3n) is 3.22. The molecule has 1 aromatic carbocycles. The van der Waals surface area contributed by atoms with Crippen LogP contribution in [0, 0.1) is 5.92 Å². The number of nitrogens with zero attached hydrogens (tertiary/aromatic N) is 1. The number of carbonyl (C=O) groups excluding carboxylic acids is 1. The Hall–Kier alpha value is -1.71. The summed E-state index contributed by atoms with van der Waals surface area (Å²) in [4.78, 5) is 13.8. The van der Waals surface area contributed by atoms with Gasteiger partial charge in [0.15, 0.2) is 0 Å². The van der Waals surface area contributed by atoms with Crippen LogP contribution < -0.4 is 10.5 Å². The second-order valence-corrected chi connectivity index (χ2v) is 4.90. The Balaban J connectivity index is 1.73. The van der Waals surface area contributed by atoms with E-state index >= 15 is 0 Å². The molecule has 1 aliphatic heterocycles. The fourth-order valence-electron chi connectivity index (χ4n) is 2.18. The van der Waals surface area contributed by atoms with Crippen molar-refractivity contribution in [1.29, 1.82) is 0 Å². The summed E-state index contributed by atoms with van der Waals surface area (Å²) in [5.74, 6) is 1.53. The molecule has 1 amide bonds. The van der Waals surface area contributed by atoms with Crippen molar-refractivity contribution < 1.29 is 9.53 Å². The van der Waals surface area contributed by atoms with Crippen molar-refractivity contribution in [3.05, 3.63) is 24.3 Å². The Morgan fingerprint density at radius 2 is 2.39 bits per heavy atom. The lowest BCUT2D eigenvalue weighted by Gasteiger charge is -2.16. The zero-order chi connectivity index (χ0) is 13.0. The van der Waals surface area contributed by atoms with E-state index in [0.29, 0.717) is 24.6 Å². The largest absolute Gasteiger partial charge is 0.493 e. The highest BCUT2D eigenvalue weighted by atomic mass is 16.5. The number of likely N-dealkylation sites (tertiary alicyclic amines) is 1. The molecule has 4 nitrogen and oxygen atoms in total. The van der Waals surface area contributed by atoms with Crippen LogP contribution in [0.3, 0.4) is 0 Å². The highest BCUT2D eigenvalue weighted by Crippen LogP contribution is 2.17. The van der Waals surface area contributed by atoms with E-state index in [1.165, 1.54) is 0 Å². The van der Waals surface area contributed by atoms with E-state index in [4.69, 9.17) is 10.5 Å². The van der Waals surface area contributed by atoms with Crippen molar-refractivity contribution in [3.63, 3.8) is 0 Å². The minimum absolute atomic E-state index is 0.184. The molecule has 1 saturated heterocycles. The van der Waals surface area contributed by atoms with Gasteiger partial charge in [-0.2, -0.15) is 0 Å². The number of rotatable bonds is 4. The Labute approximate surface area is 108 Å².